The largest absolute Gasteiger partial charge is 0.491 e. The van der Waals surface area contributed by atoms with Crippen molar-refractivity contribution in [1.82, 2.24) is 15.1 Å². The highest BCUT2D eigenvalue weighted by Gasteiger charge is 2.43. The summed E-state index contributed by atoms with van der Waals surface area (Å²) < 4.78 is 25.5. The van der Waals surface area contributed by atoms with Gasteiger partial charge in [-0.25, -0.2) is 4.39 Å². The number of hydrogen-bond donors (Lipinski definition) is 1. The van der Waals surface area contributed by atoms with Gasteiger partial charge in [0, 0.05) is 37.6 Å². The first kappa shape index (κ1) is 26.7. The first-order valence-corrected chi connectivity index (χ1v) is 13.5. The molecule has 1 fully saturated rings. The Bertz CT molecular complexity index is 1390. The van der Waals surface area contributed by atoms with Crippen LogP contribution in [0.15, 0.2) is 46.9 Å². The van der Waals surface area contributed by atoms with Crippen molar-refractivity contribution in [3.63, 3.8) is 0 Å². The van der Waals surface area contributed by atoms with Gasteiger partial charge in [-0.3, -0.25) is 14.4 Å². The van der Waals surface area contributed by atoms with E-state index >= 15 is 0 Å². The van der Waals surface area contributed by atoms with Crippen molar-refractivity contribution in [3.05, 3.63) is 65.2 Å². The van der Waals surface area contributed by atoms with E-state index in [4.69, 9.17) is 9.15 Å². The number of hydrogen-bond acceptors (Lipinski definition) is 5. The van der Waals surface area contributed by atoms with Gasteiger partial charge in [0.25, 0.3) is 11.8 Å². The van der Waals surface area contributed by atoms with Crippen molar-refractivity contribution in [2.75, 3.05) is 39.8 Å². The highest BCUT2D eigenvalue weighted by atomic mass is 19.1. The lowest BCUT2D eigenvalue weighted by Crippen LogP contribution is -2.51. The summed E-state index contributed by atoms with van der Waals surface area (Å²) in [6.45, 7) is 3.75. The Hall–Kier alpha value is -3.88. The standard InChI is InChI=1S/C30H34FN3O5/c1-20-23-19-21(31)9-10-25(23)39-26(20)28(36)34-15-12-30(13-16-34)11-5-6-14-32-27(35)22-7-3-4-8-24(22)38-18-17-33(2)29(30)37/h3-4,7-10,19H,5-6,11-18H2,1-2H3,(H,32,35). The Kier molecular flexibility index (Phi) is 7.59. The molecule has 1 saturated heterocycles. The SMILES string of the molecule is Cc1c(C(=O)N2CCC3(CCCCNC(=O)c4ccccc4OCCN(C)C3=O)CC2)oc2ccc(F)cc12. The molecular formula is C30H34FN3O5. The van der Waals surface area contributed by atoms with Crippen molar-refractivity contribution >= 4 is 28.7 Å². The van der Waals surface area contributed by atoms with Crippen molar-refractivity contribution in [1.29, 1.82) is 0 Å². The van der Waals surface area contributed by atoms with Gasteiger partial charge in [0.2, 0.25) is 5.91 Å². The number of ether oxygens (including phenoxy) is 1. The van der Waals surface area contributed by atoms with E-state index in [9.17, 15) is 18.8 Å². The molecule has 3 heterocycles. The fourth-order valence-corrected chi connectivity index (χ4v) is 5.71. The molecule has 2 aliphatic heterocycles. The first-order chi connectivity index (χ1) is 18.8. The molecule has 9 heteroatoms. The van der Waals surface area contributed by atoms with Crippen LogP contribution in [-0.2, 0) is 4.79 Å². The summed E-state index contributed by atoms with van der Waals surface area (Å²) in [6, 6.07) is 11.3. The molecule has 0 bridgehead atoms. The fraction of sp³-hybridized carbons (Fsp3) is 0.433. The van der Waals surface area contributed by atoms with E-state index in [1.165, 1.54) is 18.2 Å². The Morgan fingerprint density at radius 3 is 2.59 bits per heavy atom. The van der Waals surface area contributed by atoms with E-state index in [1.807, 2.05) is 6.07 Å². The predicted molar refractivity (Wildman–Crippen MR) is 144 cm³/mol. The second kappa shape index (κ2) is 11.1. The summed E-state index contributed by atoms with van der Waals surface area (Å²) in [6.07, 6.45) is 3.26. The summed E-state index contributed by atoms with van der Waals surface area (Å²) >= 11 is 0. The van der Waals surface area contributed by atoms with Gasteiger partial charge < -0.3 is 24.3 Å². The van der Waals surface area contributed by atoms with E-state index in [-0.39, 0.29) is 35.9 Å². The maximum absolute atomic E-state index is 13.8. The molecule has 0 aliphatic carbocycles. The topological polar surface area (TPSA) is 92.1 Å². The highest BCUT2D eigenvalue weighted by Crippen LogP contribution is 2.39. The number of halogens is 1. The van der Waals surface area contributed by atoms with Crippen LogP contribution in [0.25, 0.3) is 11.0 Å². The van der Waals surface area contributed by atoms with Crippen LogP contribution in [0, 0.1) is 18.2 Å². The highest BCUT2D eigenvalue weighted by molar-refractivity contribution is 5.99. The number of benzene rings is 2. The van der Waals surface area contributed by atoms with Gasteiger partial charge in [-0.15, -0.1) is 0 Å². The zero-order valence-electron chi connectivity index (χ0n) is 22.4. The van der Waals surface area contributed by atoms with E-state index in [0.717, 1.165) is 12.8 Å². The molecule has 39 heavy (non-hydrogen) atoms. The fourth-order valence-electron chi connectivity index (χ4n) is 5.71. The summed E-state index contributed by atoms with van der Waals surface area (Å²) in [5.74, 6) is -0.0150. The number of furan rings is 1. The van der Waals surface area contributed by atoms with Gasteiger partial charge in [-0.1, -0.05) is 18.6 Å². The molecule has 8 nitrogen and oxygen atoms in total. The molecule has 0 radical (unpaired) electrons. The van der Waals surface area contributed by atoms with Crippen molar-refractivity contribution < 1.29 is 27.9 Å². The number of carbonyl (C=O) groups is 3. The van der Waals surface area contributed by atoms with Gasteiger partial charge in [-0.2, -0.15) is 0 Å². The minimum absolute atomic E-state index is 0.0583. The zero-order chi connectivity index (χ0) is 27.6. The van der Waals surface area contributed by atoms with Gasteiger partial charge in [0.1, 0.15) is 23.8 Å². The lowest BCUT2D eigenvalue weighted by Gasteiger charge is -2.42. The number of likely N-dealkylation sites (N-methyl/N-ethyl adjacent to an activating group) is 1. The first-order valence-electron chi connectivity index (χ1n) is 13.5. The van der Waals surface area contributed by atoms with Crippen LogP contribution in [0.4, 0.5) is 4.39 Å². The normalized spacial score (nSPS) is 18.8. The molecule has 3 aromatic rings. The van der Waals surface area contributed by atoms with Crippen LogP contribution in [0.5, 0.6) is 5.75 Å². The summed E-state index contributed by atoms with van der Waals surface area (Å²) in [5.41, 5.74) is 0.989. The zero-order valence-corrected chi connectivity index (χ0v) is 22.4. The summed E-state index contributed by atoms with van der Waals surface area (Å²) in [7, 11) is 1.78. The molecule has 0 saturated carbocycles. The van der Waals surface area contributed by atoms with Gasteiger partial charge in [0.15, 0.2) is 5.76 Å². The minimum atomic E-state index is -0.594. The summed E-state index contributed by atoms with van der Waals surface area (Å²) in [4.78, 5) is 43.3. The number of para-hydroxylation sites is 1. The number of likely N-dealkylation sites (tertiary alicyclic amines) is 1. The molecule has 2 aromatic carbocycles. The number of carbonyl (C=O) groups excluding carboxylic acids is 3. The number of aryl methyl sites for hydroxylation is 1. The Morgan fingerprint density at radius 1 is 1.03 bits per heavy atom. The number of amides is 3. The lowest BCUT2D eigenvalue weighted by molar-refractivity contribution is -0.144. The Balaban J connectivity index is 1.30. The Labute approximate surface area is 227 Å². The lowest BCUT2D eigenvalue weighted by atomic mass is 9.73. The van der Waals surface area contributed by atoms with Gasteiger partial charge >= 0.3 is 0 Å². The molecular weight excluding hydrogens is 501 g/mol. The van der Waals surface area contributed by atoms with Crippen LogP contribution in [0.2, 0.25) is 0 Å². The molecule has 206 valence electrons. The van der Waals surface area contributed by atoms with Crippen molar-refractivity contribution in [2.24, 2.45) is 5.41 Å². The summed E-state index contributed by atoms with van der Waals surface area (Å²) in [5, 5.41) is 3.55. The molecule has 0 atom stereocenters. The van der Waals surface area contributed by atoms with Gasteiger partial charge in [-0.05, 0) is 62.9 Å². The predicted octanol–water partition coefficient (Wildman–Crippen LogP) is 4.55. The average molecular weight is 536 g/mol. The van der Waals surface area contributed by atoms with Crippen LogP contribution >= 0.6 is 0 Å². The average Bonchev–Trinajstić information content (AvgIpc) is 3.27. The molecule has 1 spiro atoms. The van der Waals surface area contributed by atoms with Crippen LogP contribution in [0.3, 0.4) is 0 Å². The smallest absolute Gasteiger partial charge is 0.289 e. The molecule has 0 unspecified atom stereocenters. The van der Waals surface area contributed by atoms with Crippen LogP contribution < -0.4 is 10.1 Å². The number of rotatable bonds is 1. The number of nitrogens with one attached hydrogen (secondary N) is 1. The van der Waals surface area contributed by atoms with Crippen LogP contribution in [-0.4, -0.2) is 67.4 Å². The molecule has 3 amide bonds. The van der Waals surface area contributed by atoms with Crippen molar-refractivity contribution in [3.8, 4) is 5.75 Å². The van der Waals surface area contributed by atoms with E-state index in [1.54, 1.807) is 42.0 Å². The number of nitrogens with zero attached hydrogens (tertiary/aromatic N) is 2. The quantitative estimate of drug-likeness (QED) is 0.494. The molecule has 5 rings (SSSR count). The second-order valence-corrected chi connectivity index (χ2v) is 10.6. The Morgan fingerprint density at radius 2 is 1.79 bits per heavy atom. The van der Waals surface area contributed by atoms with Crippen molar-refractivity contribution in [2.45, 2.75) is 39.0 Å². The number of piperidine rings is 1. The van der Waals surface area contributed by atoms with Crippen LogP contribution in [0.1, 0.15) is 58.6 Å². The van der Waals surface area contributed by atoms with E-state index in [2.05, 4.69) is 5.32 Å². The second-order valence-electron chi connectivity index (χ2n) is 10.6. The monoisotopic (exact) mass is 535 g/mol. The third-order valence-corrected chi connectivity index (χ3v) is 8.08. The maximum atomic E-state index is 13.8. The molecule has 1 N–H and O–H groups in total. The number of fused-ring (bicyclic) bond motifs is 2. The third-order valence-electron chi connectivity index (χ3n) is 8.08. The van der Waals surface area contributed by atoms with E-state index in [0.29, 0.717) is 73.3 Å². The maximum Gasteiger partial charge on any atom is 0.289 e. The minimum Gasteiger partial charge on any atom is -0.491 e. The van der Waals surface area contributed by atoms with E-state index < -0.39 is 5.41 Å². The molecule has 1 aromatic heterocycles. The van der Waals surface area contributed by atoms with Gasteiger partial charge in [0.05, 0.1) is 17.5 Å². The third kappa shape index (κ3) is 5.35. The molecule has 2 aliphatic rings.